The third kappa shape index (κ3) is 5.14. The second kappa shape index (κ2) is 5.97. The number of carbonyl (C=O) groups is 1. The Labute approximate surface area is 104 Å². The molecule has 1 N–H and O–H groups in total. The van der Waals surface area contributed by atoms with Crippen LogP contribution in [-0.2, 0) is 16.6 Å². The fraction of sp³-hybridized carbons (Fsp3) is 0.533. The van der Waals surface area contributed by atoms with Crippen LogP contribution < -0.4 is 5.32 Å². The van der Waals surface area contributed by atoms with Gasteiger partial charge in [-0.3, -0.25) is 4.79 Å². The molecule has 1 rings (SSSR count). The monoisotopic (exact) mass is 233 g/mol. The van der Waals surface area contributed by atoms with Crippen LogP contribution in [-0.4, -0.2) is 18.9 Å². The molecule has 0 saturated carbocycles. The lowest BCUT2D eigenvalue weighted by atomic mass is 9.86. The average molecular weight is 233 g/mol. The molecule has 0 fully saturated rings. The van der Waals surface area contributed by atoms with Gasteiger partial charge in [0.05, 0.1) is 6.54 Å². The van der Waals surface area contributed by atoms with Crippen LogP contribution in [0.1, 0.15) is 38.8 Å². The second-order valence-electron chi connectivity index (χ2n) is 5.58. The van der Waals surface area contributed by atoms with Crippen LogP contribution in [0.3, 0.4) is 0 Å². The number of hydrogen-bond donors (Lipinski definition) is 1. The lowest BCUT2D eigenvalue weighted by molar-refractivity contribution is -0.116. The molecule has 17 heavy (non-hydrogen) atoms. The quantitative estimate of drug-likeness (QED) is 0.792. The number of ketones is 1. The Hall–Kier alpha value is -1.15. The summed E-state index contributed by atoms with van der Waals surface area (Å²) in [7, 11) is 0. The fourth-order valence-electron chi connectivity index (χ4n) is 1.67. The standard InChI is InChI=1S/C15H23NO/c1-12(17)11-16-10-9-13-5-7-14(8-6-13)15(2,3)4/h5-8,16H,9-11H2,1-4H3. The smallest absolute Gasteiger partial charge is 0.143 e. The van der Waals surface area contributed by atoms with Crippen molar-refractivity contribution in [3.63, 3.8) is 0 Å². The molecule has 0 saturated heterocycles. The summed E-state index contributed by atoms with van der Waals surface area (Å²) in [5, 5.41) is 3.13. The maximum Gasteiger partial charge on any atom is 0.143 e. The van der Waals surface area contributed by atoms with E-state index in [4.69, 9.17) is 0 Å². The first-order chi connectivity index (χ1) is 7.89. The molecule has 1 aromatic carbocycles. The van der Waals surface area contributed by atoms with Crippen LogP contribution in [0.4, 0.5) is 0 Å². The summed E-state index contributed by atoms with van der Waals surface area (Å²) in [5.41, 5.74) is 2.89. The summed E-state index contributed by atoms with van der Waals surface area (Å²) in [6.07, 6.45) is 0.970. The van der Waals surface area contributed by atoms with Gasteiger partial charge in [0, 0.05) is 0 Å². The first-order valence-corrected chi connectivity index (χ1v) is 6.19. The molecule has 2 heteroatoms. The summed E-state index contributed by atoms with van der Waals surface area (Å²) in [6, 6.07) is 8.74. The average Bonchev–Trinajstić information content (AvgIpc) is 2.23. The van der Waals surface area contributed by atoms with E-state index in [9.17, 15) is 4.79 Å². The molecule has 0 bridgehead atoms. The fourth-order valence-corrected chi connectivity index (χ4v) is 1.67. The van der Waals surface area contributed by atoms with Crippen LogP contribution >= 0.6 is 0 Å². The molecule has 0 aromatic heterocycles. The minimum Gasteiger partial charge on any atom is -0.310 e. The third-order valence-electron chi connectivity index (χ3n) is 2.78. The van der Waals surface area contributed by atoms with Gasteiger partial charge in [0.15, 0.2) is 0 Å². The van der Waals surface area contributed by atoms with E-state index in [0.717, 1.165) is 13.0 Å². The predicted octanol–water partition coefficient (Wildman–Crippen LogP) is 2.71. The molecule has 0 atom stereocenters. The van der Waals surface area contributed by atoms with Crippen molar-refractivity contribution in [2.24, 2.45) is 0 Å². The number of Topliss-reactive ketones (excluding diaryl/α,β-unsaturated/α-hetero) is 1. The van der Waals surface area contributed by atoms with Crippen molar-refractivity contribution in [3.05, 3.63) is 35.4 Å². The van der Waals surface area contributed by atoms with E-state index in [-0.39, 0.29) is 11.2 Å². The normalized spacial score (nSPS) is 11.5. The predicted molar refractivity (Wildman–Crippen MR) is 72.4 cm³/mol. The van der Waals surface area contributed by atoms with Gasteiger partial charge in [0.1, 0.15) is 5.78 Å². The molecule has 0 aliphatic rings. The zero-order chi connectivity index (χ0) is 12.9. The molecule has 0 heterocycles. The van der Waals surface area contributed by atoms with Gasteiger partial charge in [-0.15, -0.1) is 0 Å². The number of hydrogen-bond acceptors (Lipinski definition) is 2. The van der Waals surface area contributed by atoms with Crippen molar-refractivity contribution in [2.45, 2.75) is 39.5 Å². The van der Waals surface area contributed by atoms with Crippen LogP contribution in [0, 0.1) is 0 Å². The first-order valence-electron chi connectivity index (χ1n) is 6.19. The maximum absolute atomic E-state index is 10.7. The lowest BCUT2D eigenvalue weighted by Crippen LogP contribution is -2.23. The van der Waals surface area contributed by atoms with Gasteiger partial charge in [-0.25, -0.2) is 0 Å². The minimum atomic E-state index is 0.188. The van der Waals surface area contributed by atoms with Crippen LogP contribution in [0.5, 0.6) is 0 Å². The zero-order valence-electron chi connectivity index (χ0n) is 11.3. The molecular weight excluding hydrogens is 210 g/mol. The molecule has 0 radical (unpaired) electrons. The Balaban J connectivity index is 2.43. The number of rotatable bonds is 5. The van der Waals surface area contributed by atoms with Gasteiger partial charge in [0.2, 0.25) is 0 Å². The van der Waals surface area contributed by atoms with Crippen LogP contribution in [0.15, 0.2) is 24.3 Å². The van der Waals surface area contributed by atoms with Crippen molar-refractivity contribution >= 4 is 5.78 Å². The van der Waals surface area contributed by atoms with Crippen molar-refractivity contribution in [1.82, 2.24) is 5.32 Å². The molecule has 0 spiro atoms. The molecule has 0 aliphatic heterocycles. The summed E-state index contributed by atoms with van der Waals surface area (Å²) in [5.74, 6) is 0.188. The van der Waals surface area contributed by atoms with E-state index in [1.807, 2.05) is 0 Å². The summed E-state index contributed by atoms with van der Waals surface area (Å²) >= 11 is 0. The summed E-state index contributed by atoms with van der Waals surface area (Å²) < 4.78 is 0. The highest BCUT2D eigenvalue weighted by Gasteiger charge is 2.12. The number of carbonyl (C=O) groups excluding carboxylic acids is 1. The zero-order valence-corrected chi connectivity index (χ0v) is 11.3. The molecule has 0 amide bonds. The van der Waals surface area contributed by atoms with Gasteiger partial charge in [-0.1, -0.05) is 45.0 Å². The molecule has 0 aliphatic carbocycles. The topological polar surface area (TPSA) is 29.1 Å². The van der Waals surface area contributed by atoms with E-state index in [2.05, 4.69) is 50.4 Å². The van der Waals surface area contributed by atoms with E-state index in [1.54, 1.807) is 6.92 Å². The molecule has 94 valence electrons. The lowest BCUT2D eigenvalue weighted by Gasteiger charge is -2.19. The Morgan fingerprint density at radius 1 is 1.18 bits per heavy atom. The van der Waals surface area contributed by atoms with E-state index < -0.39 is 0 Å². The van der Waals surface area contributed by atoms with Gasteiger partial charge in [-0.05, 0) is 36.4 Å². The van der Waals surface area contributed by atoms with Crippen LogP contribution in [0.2, 0.25) is 0 Å². The molecule has 0 unspecified atom stereocenters. The number of benzene rings is 1. The Kier molecular flexibility index (Phi) is 4.88. The minimum absolute atomic E-state index is 0.188. The van der Waals surface area contributed by atoms with E-state index >= 15 is 0 Å². The molecule has 1 aromatic rings. The first kappa shape index (κ1) is 13.9. The van der Waals surface area contributed by atoms with Crippen molar-refractivity contribution in [3.8, 4) is 0 Å². The largest absolute Gasteiger partial charge is 0.310 e. The van der Waals surface area contributed by atoms with Gasteiger partial charge in [-0.2, -0.15) is 0 Å². The van der Waals surface area contributed by atoms with Crippen molar-refractivity contribution in [2.75, 3.05) is 13.1 Å². The van der Waals surface area contributed by atoms with Crippen molar-refractivity contribution < 1.29 is 4.79 Å². The van der Waals surface area contributed by atoms with E-state index in [0.29, 0.717) is 6.54 Å². The van der Waals surface area contributed by atoms with Crippen molar-refractivity contribution in [1.29, 1.82) is 0 Å². The number of nitrogens with one attached hydrogen (secondary N) is 1. The second-order valence-corrected chi connectivity index (χ2v) is 5.58. The Morgan fingerprint density at radius 2 is 1.76 bits per heavy atom. The maximum atomic E-state index is 10.7. The third-order valence-corrected chi connectivity index (χ3v) is 2.78. The van der Waals surface area contributed by atoms with Crippen LogP contribution in [0.25, 0.3) is 0 Å². The Bertz CT molecular complexity index is 360. The highest BCUT2D eigenvalue weighted by Crippen LogP contribution is 2.22. The summed E-state index contributed by atoms with van der Waals surface area (Å²) in [4.78, 5) is 10.7. The molecular formula is C15H23NO. The highest BCUT2D eigenvalue weighted by molar-refractivity contribution is 5.77. The van der Waals surface area contributed by atoms with E-state index in [1.165, 1.54) is 11.1 Å². The summed E-state index contributed by atoms with van der Waals surface area (Å²) in [6.45, 7) is 9.59. The SMILES string of the molecule is CC(=O)CNCCc1ccc(C(C)(C)C)cc1. The Morgan fingerprint density at radius 3 is 2.24 bits per heavy atom. The molecule has 2 nitrogen and oxygen atoms in total. The highest BCUT2D eigenvalue weighted by atomic mass is 16.1. The van der Waals surface area contributed by atoms with Gasteiger partial charge in [0.25, 0.3) is 0 Å². The van der Waals surface area contributed by atoms with Gasteiger partial charge >= 0.3 is 0 Å². The van der Waals surface area contributed by atoms with Gasteiger partial charge < -0.3 is 5.32 Å².